The van der Waals surface area contributed by atoms with Crippen LogP contribution in [0.2, 0.25) is 0 Å². The Bertz CT molecular complexity index is 461. The van der Waals surface area contributed by atoms with Crippen LogP contribution in [0.3, 0.4) is 0 Å². The predicted molar refractivity (Wildman–Crippen MR) is 72.2 cm³/mol. The first-order valence-electron chi connectivity index (χ1n) is 6.31. The van der Waals surface area contributed by atoms with Crippen molar-refractivity contribution in [2.45, 2.75) is 49.3 Å². The highest BCUT2D eigenvalue weighted by molar-refractivity contribution is 7.85. The second-order valence-electron chi connectivity index (χ2n) is 5.84. The number of benzene rings is 1. The van der Waals surface area contributed by atoms with Gasteiger partial charge in [-0.1, -0.05) is 26.0 Å². The van der Waals surface area contributed by atoms with Crippen LogP contribution in [0.25, 0.3) is 0 Å². The third-order valence-corrected chi connectivity index (χ3v) is 5.54. The van der Waals surface area contributed by atoms with Crippen molar-refractivity contribution in [1.29, 1.82) is 0 Å². The quantitative estimate of drug-likeness (QED) is 0.897. The largest absolute Gasteiger partial charge is 0.327 e. The highest BCUT2D eigenvalue weighted by Gasteiger charge is 2.37. The van der Waals surface area contributed by atoms with Gasteiger partial charge in [-0.2, -0.15) is 0 Å². The maximum Gasteiger partial charge on any atom is 0.139 e. The smallest absolute Gasteiger partial charge is 0.139 e. The molecule has 0 aromatic heterocycles. The SMILES string of the molecule is CC1(C)CCC(N)C(S(=O)c2ccccc2F)C1. The Labute approximate surface area is 110 Å². The summed E-state index contributed by atoms with van der Waals surface area (Å²) in [5.74, 6) is -0.397. The maximum atomic E-state index is 13.7. The third kappa shape index (κ3) is 2.81. The zero-order valence-electron chi connectivity index (χ0n) is 10.9. The average molecular weight is 269 g/mol. The Balaban J connectivity index is 2.25. The molecule has 100 valence electrons. The molecule has 3 unspecified atom stereocenters. The molecule has 0 heterocycles. The van der Waals surface area contributed by atoms with E-state index in [4.69, 9.17) is 5.73 Å². The average Bonchev–Trinajstić information content (AvgIpc) is 2.32. The first kappa shape index (κ1) is 13.7. The van der Waals surface area contributed by atoms with Gasteiger partial charge in [-0.15, -0.1) is 0 Å². The number of halogens is 1. The van der Waals surface area contributed by atoms with Crippen LogP contribution >= 0.6 is 0 Å². The lowest BCUT2D eigenvalue weighted by Crippen LogP contribution is -2.45. The van der Waals surface area contributed by atoms with Gasteiger partial charge in [-0.3, -0.25) is 4.21 Å². The minimum absolute atomic E-state index is 0.0986. The summed E-state index contributed by atoms with van der Waals surface area (Å²) in [4.78, 5) is 0.288. The summed E-state index contributed by atoms with van der Waals surface area (Å²) in [6.45, 7) is 4.31. The Morgan fingerprint density at radius 1 is 1.39 bits per heavy atom. The van der Waals surface area contributed by atoms with E-state index in [0.717, 1.165) is 19.3 Å². The van der Waals surface area contributed by atoms with Crippen molar-refractivity contribution < 1.29 is 8.60 Å². The van der Waals surface area contributed by atoms with E-state index in [1.807, 2.05) is 0 Å². The standard InChI is InChI=1S/C14H20FNOS/c1-14(2)8-7-11(16)13(9-14)18(17)12-6-4-3-5-10(12)15/h3-6,11,13H,7-9,16H2,1-2H3. The zero-order valence-corrected chi connectivity index (χ0v) is 11.7. The minimum Gasteiger partial charge on any atom is -0.327 e. The van der Waals surface area contributed by atoms with Crippen molar-refractivity contribution in [3.63, 3.8) is 0 Å². The van der Waals surface area contributed by atoms with Crippen LogP contribution in [0, 0.1) is 11.2 Å². The van der Waals surface area contributed by atoms with Crippen molar-refractivity contribution in [2.24, 2.45) is 11.1 Å². The lowest BCUT2D eigenvalue weighted by Gasteiger charge is -2.38. The Hall–Kier alpha value is -0.740. The molecule has 0 aliphatic heterocycles. The number of nitrogens with two attached hydrogens (primary N) is 1. The predicted octanol–water partition coefficient (Wildman–Crippen LogP) is 2.84. The molecule has 0 spiro atoms. The summed E-state index contributed by atoms with van der Waals surface area (Å²) in [5, 5.41) is -0.148. The van der Waals surface area contributed by atoms with E-state index < -0.39 is 16.6 Å². The summed E-state index contributed by atoms with van der Waals surface area (Å²) >= 11 is 0. The molecular formula is C14H20FNOS. The van der Waals surface area contributed by atoms with Crippen LogP contribution in [-0.4, -0.2) is 15.5 Å². The minimum atomic E-state index is -1.36. The van der Waals surface area contributed by atoms with E-state index in [0.29, 0.717) is 0 Å². The fourth-order valence-electron chi connectivity index (χ4n) is 2.55. The van der Waals surface area contributed by atoms with Crippen LogP contribution in [0.15, 0.2) is 29.2 Å². The first-order valence-corrected chi connectivity index (χ1v) is 7.53. The second kappa shape index (κ2) is 5.10. The van der Waals surface area contributed by atoms with E-state index >= 15 is 0 Å². The van der Waals surface area contributed by atoms with Gasteiger partial charge < -0.3 is 5.73 Å². The third-order valence-electron chi connectivity index (χ3n) is 3.71. The van der Waals surface area contributed by atoms with E-state index in [2.05, 4.69) is 13.8 Å². The van der Waals surface area contributed by atoms with Gasteiger partial charge in [0.05, 0.1) is 20.9 Å². The van der Waals surface area contributed by atoms with Crippen LogP contribution in [0.5, 0.6) is 0 Å². The van der Waals surface area contributed by atoms with Gasteiger partial charge in [0.25, 0.3) is 0 Å². The van der Waals surface area contributed by atoms with E-state index in [1.54, 1.807) is 18.2 Å². The van der Waals surface area contributed by atoms with E-state index in [9.17, 15) is 8.60 Å². The Morgan fingerprint density at radius 2 is 2.06 bits per heavy atom. The van der Waals surface area contributed by atoms with Gasteiger partial charge >= 0.3 is 0 Å². The molecule has 1 aliphatic carbocycles. The summed E-state index contributed by atoms with van der Waals surface area (Å²) in [6.07, 6.45) is 2.69. The van der Waals surface area contributed by atoms with Gasteiger partial charge in [0.15, 0.2) is 0 Å². The van der Waals surface area contributed by atoms with Crippen LogP contribution in [-0.2, 0) is 10.8 Å². The van der Waals surface area contributed by atoms with Crippen molar-refractivity contribution in [2.75, 3.05) is 0 Å². The van der Waals surface area contributed by atoms with Gasteiger partial charge in [-0.25, -0.2) is 4.39 Å². The fraction of sp³-hybridized carbons (Fsp3) is 0.571. The van der Waals surface area contributed by atoms with Gasteiger partial charge in [0.1, 0.15) is 5.82 Å². The molecule has 1 saturated carbocycles. The van der Waals surface area contributed by atoms with Crippen LogP contribution < -0.4 is 5.73 Å². The number of rotatable bonds is 2. The fourth-order valence-corrected chi connectivity index (χ4v) is 4.40. The number of hydrogen-bond donors (Lipinski definition) is 1. The molecule has 2 N–H and O–H groups in total. The van der Waals surface area contributed by atoms with E-state index in [-0.39, 0.29) is 21.6 Å². The van der Waals surface area contributed by atoms with Crippen molar-refractivity contribution in [3.05, 3.63) is 30.1 Å². The van der Waals surface area contributed by atoms with Crippen molar-refractivity contribution in [3.8, 4) is 0 Å². The van der Waals surface area contributed by atoms with Gasteiger partial charge in [0.2, 0.25) is 0 Å². The van der Waals surface area contributed by atoms with Gasteiger partial charge in [-0.05, 0) is 36.8 Å². The van der Waals surface area contributed by atoms with Crippen molar-refractivity contribution in [1.82, 2.24) is 0 Å². The molecule has 3 atom stereocenters. The molecule has 0 radical (unpaired) electrons. The second-order valence-corrected chi connectivity index (χ2v) is 7.48. The van der Waals surface area contributed by atoms with E-state index in [1.165, 1.54) is 6.07 Å². The van der Waals surface area contributed by atoms with Crippen molar-refractivity contribution >= 4 is 10.8 Å². The zero-order chi connectivity index (χ0) is 13.3. The first-order chi connectivity index (χ1) is 8.41. The maximum absolute atomic E-state index is 13.7. The lowest BCUT2D eigenvalue weighted by molar-refractivity contribution is 0.230. The summed E-state index contributed by atoms with van der Waals surface area (Å²) < 4.78 is 26.2. The Morgan fingerprint density at radius 3 is 2.72 bits per heavy atom. The highest BCUT2D eigenvalue weighted by Crippen LogP contribution is 2.38. The van der Waals surface area contributed by atoms with Crippen LogP contribution in [0.1, 0.15) is 33.1 Å². The number of hydrogen-bond acceptors (Lipinski definition) is 2. The molecular weight excluding hydrogens is 249 g/mol. The summed E-state index contributed by atoms with van der Waals surface area (Å²) in [5.41, 5.74) is 6.21. The van der Waals surface area contributed by atoms with Crippen LogP contribution in [0.4, 0.5) is 4.39 Å². The topological polar surface area (TPSA) is 43.1 Å². The summed E-state index contributed by atoms with van der Waals surface area (Å²) in [7, 11) is -1.36. The monoisotopic (exact) mass is 269 g/mol. The molecule has 1 aliphatic rings. The van der Waals surface area contributed by atoms with Gasteiger partial charge in [0, 0.05) is 6.04 Å². The Kier molecular flexibility index (Phi) is 3.87. The molecule has 0 saturated heterocycles. The normalized spacial score (nSPS) is 28.9. The summed E-state index contributed by atoms with van der Waals surface area (Å²) in [6, 6.07) is 6.18. The molecule has 18 heavy (non-hydrogen) atoms. The molecule has 0 amide bonds. The molecule has 1 aromatic rings. The molecule has 2 rings (SSSR count). The molecule has 1 aromatic carbocycles. The molecule has 2 nitrogen and oxygen atoms in total. The lowest BCUT2D eigenvalue weighted by atomic mass is 9.75. The molecule has 1 fully saturated rings. The molecule has 0 bridgehead atoms. The molecule has 4 heteroatoms. The highest BCUT2D eigenvalue weighted by atomic mass is 32.2.